The Morgan fingerprint density at radius 2 is 1.82 bits per heavy atom. The predicted octanol–water partition coefficient (Wildman–Crippen LogP) is 3.41. The molecule has 3 rings (SSSR count). The zero-order valence-electron chi connectivity index (χ0n) is 15.7. The van der Waals surface area contributed by atoms with Gasteiger partial charge >= 0.3 is 0 Å². The molecule has 8 nitrogen and oxygen atoms in total. The molecule has 146 valence electrons. The molecule has 0 radical (unpaired) electrons. The van der Waals surface area contributed by atoms with Gasteiger partial charge in [0.25, 0.3) is 5.69 Å². The van der Waals surface area contributed by atoms with Gasteiger partial charge in [0.15, 0.2) is 9.84 Å². The summed E-state index contributed by atoms with van der Waals surface area (Å²) >= 11 is 0. The van der Waals surface area contributed by atoms with Gasteiger partial charge in [-0.1, -0.05) is 18.2 Å². The third-order valence-corrected chi connectivity index (χ3v) is 5.60. The van der Waals surface area contributed by atoms with E-state index in [-0.39, 0.29) is 16.3 Å². The Balaban J connectivity index is 1.91. The van der Waals surface area contributed by atoms with Crippen molar-refractivity contribution in [3.8, 4) is 5.69 Å². The highest BCUT2D eigenvalue weighted by Crippen LogP contribution is 2.29. The number of nitro groups is 1. The first-order valence-electron chi connectivity index (χ1n) is 8.51. The van der Waals surface area contributed by atoms with Gasteiger partial charge in [0.2, 0.25) is 0 Å². The number of nitro benzene ring substituents is 1. The number of aryl methyl sites for hydroxylation is 1. The number of para-hydroxylation sites is 1. The molecule has 0 saturated heterocycles. The van der Waals surface area contributed by atoms with Crippen molar-refractivity contribution < 1.29 is 13.3 Å². The lowest BCUT2D eigenvalue weighted by molar-refractivity contribution is -0.384. The fraction of sp³-hybridized carbons (Fsp3) is 0.211. The smallest absolute Gasteiger partial charge is 0.293 e. The fourth-order valence-corrected chi connectivity index (χ4v) is 3.62. The molecule has 28 heavy (non-hydrogen) atoms. The van der Waals surface area contributed by atoms with E-state index in [1.807, 2.05) is 48.9 Å². The lowest BCUT2D eigenvalue weighted by Gasteiger charge is -2.09. The SMILES string of the molecule is Cc1nn(-c2ccccc2)c(C)c1CNc1ccc(S(C)(=O)=O)cc1[N+](=O)[O-]. The maximum atomic E-state index is 11.7. The Labute approximate surface area is 162 Å². The van der Waals surface area contributed by atoms with E-state index in [1.54, 1.807) is 0 Å². The molecule has 0 aliphatic rings. The van der Waals surface area contributed by atoms with Crippen LogP contribution in [0, 0.1) is 24.0 Å². The Bertz CT molecular complexity index is 1140. The zero-order valence-corrected chi connectivity index (χ0v) is 16.5. The van der Waals surface area contributed by atoms with E-state index < -0.39 is 14.8 Å². The second-order valence-electron chi connectivity index (χ2n) is 6.46. The quantitative estimate of drug-likeness (QED) is 0.502. The summed E-state index contributed by atoms with van der Waals surface area (Å²) in [4.78, 5) is 10.7. The summed E-state index contributed by atoms with van der Waals surface area (Å²) < 4.78 is 25.2. The summed E-state index contributed by atoms with van der Waals surface area (Å²) in [5.41, 5.74) is 3.55. The van der Waals surface area contributed by atoms with Crippen LogP contribution in [0.5, 0.6) is 0 Å². The largest absolute Gasteiger partial charge is 0.375 e. The fourth-order valence-electron chi connectivity index (χ4n) is 2.98. The summed E-state index contributed by atoms with van der Waals surface area (Å²) in [7, 11) is -3.53. The topological polar surface area (TPSA) is 107 Å². The van der Waals surface area contributed by atoms with Crippen molar-refractivity contribution in [2.45, 2.75) is 25.3 Å². The lowest BCUT2D eigenvalue weighted by Crippen LogP contribution is -2.06. The first kappa shape index (κ1) is 19.6. The van der Waals surface area contributed by atoms with E-state index >= 15 is 0 Å². The van der Waals surface area contributed by atoms with E-state index in [9.17, 15) is 18.5 Å². The molecule has 9 heteroatoms. The van der Waals surface area contributed by atoms with Crippen LogP contribution in [-0.2, 0) is 16.4 Å². The summed E-state index contributed by atoms with van der Waals surface area (Å²) in [6.07, 6.45) is 1.02. The van der Waals surface area contributed by atoms with Gasteiger partial charge in [-0.15, -0.1) is 0 Å². The summed E-state index contributed by atoms with van der Waals surface area (Å²) in [6.45, 7) is 4.14. The van der Waals surface area contributed by atoms with Crippen molar-refractivity contribution in [3.63, 3.8) is 0 Å². The molecule has 0 saturated carbocycles. The molecular formula is C19H20N4O4S. The molecule has 0 aliphatic heterocycles. The first-order chi connectivity index (χ1) is 13.2. The van der Waals surface area contributed by atoms with Crippen molar-refractivity contribution in [1.29, 1.82) is 0 Å². The van der Waals surface area contributed by atoms with E-state index in [4.69, 9.17) is 0 Å². The molecule has 0 atom stereocenters. The highest BCUT2D eigenvalue weighted by Gasteiger charge is 2.20. The van der Waals surface area contributed by atoms with Crippen molar-refractivity contribution in [3.05, 3.63) is 75.6 Å². The Morgan fingerprint density at radius 3 is 2.43 bits per heavy atom. The zero-order chi connectivity index (χ0) is 20.5. The third kappa shape index (κ3) is 3.89. The average molecular weight is 400 g/mol. The van der Waals surface area contributed by atoms with Crippen LogP contribution in [0.1, 0.15) is 17.0 Å². The van der Waals surface area contributed by atoms with E-state index in [0.717, 1.165) is 35.0 Å². The number of benzene rings is 2. The molecular weight excluding hydrogens is 380 g/mol. The van der Waals surface area contributed by atoms with Crippen LogP contribution >= 0.6 is 0 Å². The minimum atomic E-state index is -3.53. The van der Waals surface area contributed by atoms with Crippen LogP contribution in [0.2, 0.25) is 0 Å². The average Bonchev–Trinajstić information content (AvgIpc) is 2.93. The molecule has 1 N–H and O–H groups in total. The van der Waals surface area contributed by atoms with Gasteiger partial charge in [-0.3, -0.25) is 10.1 Å². The standard InChI is InChI=1S/C19H20N4O4S/c1-13-17(14(2)22(21-13)15-7-5-4-6-8-15)12-20-18-10-9-16(28(3,26)27)11-19(18)23(24)25/h4-11,20H,12H2,1-3H3. The Kier molecular flexibility index (Phi) is 5.19. The van der Waals surface area contributed by atoms with Gasteiger partial charge in [0.1, 0.15) is 5.69 Å². The van der Waals surface area contributed by atoms with Crippen LogP contribution < -0.4 is 5.32 Å². The van der Waals surface area contributed by atoms with E-state index in [0.29, 0.717) is 6.54 Å². The van der Waals surface area contributed by atoms with Gasteiger partial charge in [0, 0.05) is 30.1 Å². The second-order valence-corrected chi connectivity index (χ2v) is 8.47. The molecule has 0 bridgehead atoms. The summed E-state index contributed by atoms with van der Waals surface area (Å²) in [6, 6.07) is 13.5. The van der Waals surface area contributed by atoms with Gasteiger partial charge in [0.05, 0.1) is 21.2 Å². The first-order valence-corrected chi connectivity index (χ1v) is 10.4. The Morgan fingerprint density at radius 1 is 1.14 bits per heavy atom. The number of aromatic nitrogens is 2. The normalized spacial score (nSPS) is 11.4. The van der Waals surface area contributed by atoms with Crippen molar-refractivity contribution in [1.82, 2.24) is 9.78 Å². The van der Waals surface area contributed by atoms with Crippen LogP contribution in [0.3, 0.4) is 0 Å². The predicted molar refractivity (Wildman–Crippen MR) is 107 cm³/mol. The molecule has 0 fully saturated rings. The monoisotopic (exact) mass is 400 g/mol. The molecule has 3 aromatic rings. The van der Waals surface area contributed by atoms with E-state index in [1.165, 1.54) is 12.1 Å². The molecule has 0 spiro atoms. The highest BCUT2D eigenvalue weighted by molar-refractivity contribution is 7.90. The number of hydrogen-bond donors (Lipinski definition) is 1. The van der Waals surface area contributed by atoms with Gasteiger partial charge in [-0.05, 0) is 38.1 Å². The van der Waals surface area contributed by atoms with Gasteiger partial charge in [-0.2, -0.15) is 5.10 Å². The molecule has 0 aliphatic carbocycles. The lowest BCUT2D eigenvalue weighted by atomic mass is 10.2. The van der Waals surface area contributed by atoms with Crippen molar-refractivity contribution >= 4 is 21.2 Å². The van der Waals surface area contributed by atoms with Crippen LogP contribution in [0.25, 0.3) is 5.69 Å². The number of nitrogens with one attached hydrogen (secondary N) is 1. The molecule has 2 aromatic carbocycles. The van der Waals surface area contributed by atoms with Crippen LogP contribution in [0.4, 0.5) is 11.4 Å². The van der Waals surface area contributed by atoms with Crippen molar-refractivity contribution in [2.24, 2.45) is 0 Å². The van der Waals surface area contributed by atoms with Crippen molar-refractivity contribution in [2.75, 3.05) is 11.6 Å². The summed E-state index contributed by atoms with van der Waals surface area (Å²) in [5.74, 6) is 0. The molecule has 0 unspecified atom stereocenters. The molecule has 1 aromatic heterocycles. The van der Waals surface area contributed by atoms with E-state index in [2.05, 4.69) is 10.4 Å². The third-order valence-electron chi connectivity index (χ3n) is 4.49. The minimum absolute atomic E-state index is 0.0889. The number of hydrogen-bond acceptors (Lipinski definition) is 6. The number of rotatable bonds is 6. The maximum Gasteiger partial charge on any atom is 0.293 e. The Hall–Kier alpha value is -3.20. The number of nitrogens with zero attached hydrogens (tertiary/aromatic N) is 3. The number of sulfone groups is 1. The molecule has 0 amide bonds. The second kappa shape index (κ2) is 7.43. The van der Waals surface area contributed by atoms with Crippen LogP contribution in [0.15, 0.2) is 53.4 Å². The van der Waals surface area contributed by atoms with Crippen LogP contribution in [-0.4, -0.2) is 29.4 Å². The minimum Gasteiger partial charge on any atom is -0.375 e. The summed E-state index contributed by atoms with van der Waals surface area (Å²) in [5, 5.41) is 19.0. The van der Waals surface area contributed by atoms with Gasteiger partial charge < -0.3 is 5.32 Å². The maximum absolute atomic E-state index is 11.7. The number of anilines is 1. The molecule has 1 heterocycles. The highest BCUT2D eigenvalue weighted by atomic mass is 32.2. The van der Waals surface area contributed by atoms with Gasteiger partial charge in [-0.25, -0.2) is 13.1 Å².